The quantitative estimate of drug-likeness (QED) is 0.531. The van der Waals surface area contributed by atoms with E-state index in [9.17, 15) is 4.79 Å². The first-order chi connectivity index (χ1) is 12.1. The van der Waals surface area contributed by atoms with Crippen LogP contribution in [-0.2, 0) is 11.3 Å². The Morgan fingerprint density at radius 1 is 1.28 bits per heavy atom. The van der Waals surface area contributed by atoms with Gasteiger partial charge in [0.1, 0.15) is 0 Å². The smallest absolute Gasteiger partial charge is 0.235 e. The first-order valence-electron chi connectivity index (χ1n) is 7.76. The van der Waals surface area contributed by atoms with Gasteiger partial charge in [0.25, 0.3) is 0 Å². The van der Waals surface area contributed by atoms with E-state index in [1.165, 1.54) is 16.4 Å². The summed E-state index contributed by atoms with van der Waals surface area (Å²) in [5, 5.41) is 10.4. The molecule has 1 aromatic carbocycles. The summed E-state index contributed by atoms with van der Waals surface area (Å²) < 4.78 is 1.44. The van der Waals surface area contributed by atoms with Crippen LogP contribution in [0.5, 0.6) is 0 Å². The molecule has 6 nitrogen and oxygen atoms in total. The van der Waals surface area contributed by atoms with E-state index in [0.717, 1.165) is 10.4 Å². The van der Waals surface area contributed by atoms with E-state index in [0.29, 0.717) is 17.5 Å². The molecule has 0 saturated heterocycles. The molecule has 3 rings (SSSR count). The third kappa shape index (κ3) is 4.02. The van der Waals surface area contributed by atoms with Gasteiger partial charge in [0.15, 0.2) is 5.82 Å². The van der Waals surface area contributed by atoms with E-state index in [-0.39, 0.29) is 11.2 Å². The fourth-order valence-electron chi connectivity index (χ4n) is 2.39. The zero-order valence-electron chi connectivity index (χ0n) is 14.0. The van der Waals surface area contributed by atoms with E-state index in [2.05, 4.69) is 10.2 Å². The Kier molecular flexibility index (Phi) is 5.40. The molecule has 2 N–H and O–H groups in total. The lowest BCUT2D eigenvalue weighted by atomic mass is 10.2. The highest BCUT2D eigenvalue weighted by molar-refractivity contribution is 8.00. The highest BCUT2D eigenvalue weighted by atomic mass is 32.2. The third-order valence-electron chi connectivity index (χ3n) is 3.67. The maximum Gasteiger partial charge on any atom is 0.235 e. The van der Waals surface area contributed by atoms with Crippen LogP contribution in [0.15, 0.2) is 53.0 Å². The number of rotatable bonds is 6. The predicted molar refractivity (Wildman–Crippen MR) is 102 cm³/mol. The third-order valence-corrected chi connectivity index (χ3v) is 5.59. The van der Waals surface area contributed by atoms with Gasteiger partial charge in [0.05, 0.1) is 10.1 Å². The lowest BCUT2D eigenvalue weighted by Gasteiger charge is -2.20. The van der Waals surface area contributed by atoms with Crippen LogP contribution >= 0.6 is 23.1 Å². The van der Waals surface area contributed by atoms with Crippen molar-refractivity contribution in [2.24, 2.45) is 0 Å². The highest BCUT2D eigenvalue weighted by Crippen LogP contribution is 2.27. The molecule has 0 aliphatic carbocycles. The van der Waals surface area contributed by atoms with Crippen molar-refractivity contribution in [1.82, 2.24) is 19.8 Å². The maximum atomic E-state index is 12.6. The topological polar surface area (TPSA) is 77.0 Å². The standard InChI is InChI=1S/C17H19N5OS2/c1-12(16(23)21(2)11-13-7-4-3-5-8-13)25-17-20-19-15(22(17)18)14-9-6-10-24-14/h3-10,12H,11,18H2,1-2H3. The number of thioether (sulfide) groups is 1. The van der Waals surface area contributed by atoms with E-state index < -0.39 is 0 Å². The molecule has 2 heterocycles. The second kappa shape index (κ2) is 7.71. The summed E-state index contributed by atoms with van der Waals surface area (Å²) in [7, 11) is 1.80. The van der Waals surface area contributed by atoms with Crippen molar-refractivity contribution in [3.8, 4) is 10.7 Å². The maximum absolute atomic E-state index is 12.6. The van der Waals surface area contributed by atoms with Crippen LogP contribution < -0.4 is 5.84 Å². The van der Waals surface area contributed by atoms with Gasteiger partial charge in [0, 0.05) is 13.6 Å². The zero-order valence-corrected chi connectivity index (χ0v) is 15.6. The number of hydrogen-bond donors (Lipinski definition) is 1. The Bertz CT molecular complexity index is 832. The summed E-state index contributed by atoms with van der Waals surface area (Å²) in [6.45, 7) is 2.42. The van der Waals surface area contributed by atoms with Crippen molar-refractivity contribution in [2.45, 2.75) is 23.9 Å². The molecule has 0 aliphatic rings. The Morgan fingerprint density at radius 3 is 2.72 bits per heavy atom. The number of carbonyl (C=O) groups excluding carboxylic acids is 1. The van der Waals surface area contributed by atoms with Crippen LogP contribution in [0, 0.1) is 0 Å². The molecular weight excluding hydrogens is 354 g/mol. The van der Waals surface area contributed by atoms with Crippen molar-refractivity contribution in [1.29, 1.82) is 0 Å². The molecule has 130 valence electrons. The molecule has 0 bridgehead atoms. The molecule has 25 heavy (non-hydrogen) atoms. The van der Waals surface area contributed by atoms with Gasteiger partial charge in [-0.25, -0.2) is 4.68 Å². The number of nitrogens with zero attached hydrogens (tertiary/aromatic N) is 4. The van der Waals surface area contributed by atoms with Crippen molar-refractivity contribution < 1.29 is 4.79 Å². The first kappa shape index (κ1) is 17.5. The molecule has 2 aromatic heterocycles. The molecule has 8 heteroatoms. The van der Waals surface area contributed by atoms with Gasteiger partial charge in [-0.1, -0.05) is 48.2 Å². The Hall–Kier alpha value is -2.32. The molecule has 1 atom stereocenters. The minimum Gasteiger partial charge on any atom is -0.340 e. The zero-order chi connectivity index (χ0) is 17.8. The van der Waals surface area contributed by atoms with Gasteiger partial charge in [-0.15, -0.1) is 21.5 Å². The lowest BCUT2D eigenvalue weighted by molar-refractivity contribution is -0.129. The number of hydrogen-bond acceptors (Lipinski definition) is 6. The van der Waals surface area contributed by atoms with E-state index in [4.69, 9.17) is 5.84 Å². The van der Waals surface area contributed by atoms with Gasteiger partial charge >= 0.3 is 0 Å². The fraction of sp³-hybridized carbons (Fsp3) is 0.235. The van der Waals surface area contributed by atoms with Gasteiger partial charge in [-0.2, -0.15) is 0 Å². The van der Waals surface area contributed by atoms with Gasteiger partial charge in [0.2, 0.25) is 11.1 Å². The Balaban J connectivity index is 1.65. The highest BCUT2D eigenvalue weighted by Gasteiger charge is 2.22. The molecule has 0 spiro atoms. The average Bonchev–Trinajstić information content (AvgIpc) is 3.25. The number of benzene rings is 1. The Labute approximate surface area is 154 Å². The molecule has 1 unspecified atom stereocenters. The van der Waals surface area contributed by atoms with Gasteiger partial charge in [-0.05, 0) is 23.9 Å². The molecule has 0 aliphatic heterocycles. The molecule has 0 fully saturated rings. The van der Waals surface area contributed by atoms with Gasteiger partial charge < -0.3 is 10.7 Å². The minimum absolute atomic E-state index is 0.0227. The normalized spacial score (nSPS) is 12.1. The second-order valence-corrected chi connectivity index (χ2v) is 7.85. The number of amides is 1. The van der Waals surface area contributed by atoms with Crippen molar-refractivity contribution in [2.75, 3.05) is 12.9 Å². The van der Waals surface area contributed by atoms with Crippen LogP contribution in [-0.4, -0.2) is 38.0 Å². The van der Waals surface area contributed by atoms with E-state index in [1.54, 1.807) is 23.3 Å². The number of carbonyl (C=O) groups is 1. The molecule has 1 amide bonds. The SMILES string of the molecule is CC(Sc1nnc(-c2cccs2)n1N)C(=O)N(C)Cc1ccccc1. The molecular formula is C17H19N5OS2. The number of aromatic nitrogens is 3. The van der Waals surface area contributed by atoms with Crippen LogP contribution in [0.25, 0.3) is 10.7 Å². The van der Waals surface area contributed by atoms with E-state index in [1.807, 2.05) is 54.8 Å². The lowest BCUT2D eigenvalue weighted by Crippen LogP contribution is -2.33. The van der Waals surface area contributed by atoms with Crippen molar-refractivity contribution >= 4 is 29.0 Å². The predicted octanol–water partition coefficient (Wildman–Crippen LogP) is 2.86. The minimum atomic E-state index is -0.309. The van der Waals surface area contributed by atoms with Crippen molar-refractivity contribution in [3.05, 3.63) is 53.4 Å². The summed E-state index contributed by atoms with van der Waals surface area (Å²) in [6.07, 6.45) is 0. The van der Waals surface area contributed by atoms with Gasteiger partial charge in [-0.3, -0.25) is 4.79 Å². The molecule has 3 aromatic rings. The largest absolute Gasteiger partial charge is 0.340 e. The molecule has 0 radical (unpaired) electrons. The monoisotopic (exact) mass is 373 g/mol. The number of nitrogen functional groups attached to an aromatic ring is 1. The summed E-state index contributed by atoms with van der Waals surface area (Å²) in [5.74, 6) is 6.72. The summed E-state index contributed by atoms with van der Waals surface area (Å²) in [5.41, 5.74) is 1.09. The second-order valence-electron chi connectivity index (χ2n) is 5.59. The summed E-state index contributed by atoms with van der Waals surface area (Å²) in [4.78, 5) is 15.3. The van der Waals surface area contributed by atoms with Crippen LogP contribution in [0.1, 0.15) is 12.5 Å². The van der Waals surface area contributed by atoms with E-state index >= 15 is 0 Å². The first-order valence-corrected chi connectivity index (χ1v) is 9.52. The fourth-order valence-corrected chi connectivity index (χ4v) is 3.98. The molecule has 0 saturated carbocycles. The summed E-state index contributed by atoms with van der Waals surface area (Å²) in [6, 6.07) is 13.8. The number of thiophene rings is 1. The number of nitrogens with two attached hydrogens (primary N) is 1. The summed E-state index contributed by atoms with van der Waals surface area (Å²) >= 11 is 2.86. The van der Waals surface area contributed by atoms with Crippen molar-refractivity contribution in [3.63, 3.8) is 0 Å². The average molecular weight is 374 g/mol. The van der Waals surface area contributed by atoms with Crippen LogP contribution in [0.4, 0.5) is 0 Å². The van der Waals surface area contributed by atoms with Crippen LogP contribution in [0.3, 0.4) is 0 Å². The van der Waals surface area contributed by atoms with Crippen LogP contribution in [0.2, 0.25) is 0 Å². The Morgan fingerprint density at radius 2 is 2.04 bits per heavy atom.